The number of carbonyl (C=O) groups is 2. The van der Waals surface area contributed by atoms with Gasteiger partial charge in [0.2, 0.25) is 0 Å². The molecule has 0 aromatic heterocycles. The van der Waals surface area contributed by atoms with Gasteiger partial charge >= 0.3 is 11.9 Å². The van der Waals surface area contributed by atoms with Gasteiger partial charge < -0.3 is 20.5 Å². The SMILES string of the molecule is CC(=O)OCCCCCOC(=O)c1cc(Br)c(N)c(CN2CCCCC2)c1.Clc1cccc(Cl)c1Nc1ccccc1. The van der Waals surface area contributed by atoms with Gasteiger partial charge in [0.05, 0.1) is 40.2 Å². The molecular weight excluding hydrogens is 641 g/mol. The average Bonchev–Trinajstić information content (AvgIpc) is 2.98. The highest BCUT2D eigenvalue weighted by Crippen LogP contribution is 2.32. The summed E-state index contributed by atoms with van der Waals surface area (Å²) >= 11 is 15.5. The third-order valence-electron chi connectivity index (χ3n) is 6.63. The molecule has 1 heterocycles. The molecule has 1 aliphatic heterocycles. The summed E-state index contributed by atoms with van der Waals surface area (Å²) < 4.78 is 11.0. The zero-order chi connectivity index (χ0) is 30.3. The fourth-order valence-electron chi connectivity index (χ4n) is 4.41. The van der Waals surface area contributed by atoms with Crippen LogP contribution in [0.1, 0.15) is 61.4 Å². The van der Waals surface area contributed by atoms with Crippen LogP contribution in [0.3, 0.4) is 0 Å². The molecule has 0 saturated carbocycles. The second kappa shape index (κ2) is 18.0. The Bertz CT molecular complexity index is 1280. The Balaban J connectivity index is 0.000000271. The second-order valence-corrected chi connectivity index (χ2v) is 11.7. The Labute approximate surface area is 266 Å². The normalized spacial score (nSPS) is 13.0. The number of benzene rings is 3. The maximum Gasteiger partial charge on any atom is 0.338 e. The van der Waals surface area contributed by atoms with Crippen LogP contribution < -0.4 is 11.1 Å². The number of likely N-dealkylation sites (tertiary alicyclic amines) is 1. The van der Waals surface area contributed by atoms with Crippen LogP contribution >= 0.6 is 39.1 Å². The van der Waals surface area contributed by atoms with Crippen LogP contribution in [-0.4, -0.2) is 43.1 Å². The van der Waals surface area contributed by atoms with Crippen molar-refractivity contribution in [3.8, 4) is 0 Å². The number of ether oxygens (including phenoxy) is 2. The van der Waals surface area contributed by atoms with Crippen molar-refractivity contribution in [2.24, 2.45) is 0 Å². The van der Waals surface area contributed by atoms with Gasteiger partial charge in [-0.15, -0.1) is 0 Å². The highest BCUT2D eigenvalue weighted by molar-refractivity contribution is 9.10. The molecule has 7 nitrogen and oxygen atoms in total. The van der Waals surface area contributed by atoms with Gasteiger partial charge in [0.15, 0.2) is 0 Å². The fraction of sp³-hybridized carbons (Fsp3) is 0.375. The molecule has 0 amide bonds. The highest BCUT2D eigenvalue weighted by Gasteiger charge is 2.17. The predicted molar refractivity (Wildman–Crippen MR) is 175 cm³/mol. The summed E-state index contributed by atoms with van der Waals surface area (Å²) in [6.45, 7) is 5.04. The molecule has 3 aromatic carbocycles. The molecule has 0 aliphatic carbocycles. The van der Waals surface area contributed by atoms with Crippen LogP contribution in [0.2, 0.25) is 10.0 Å². The largest absolute Gasteiger partial charge is 0.466 e. The van der Waals surface area contributed by atoms with E-state index in [1.165, 1.54) is 26.2 Å². The number of halogens is 3. The molecule has 0 unspecified atom stereocenters. The average molecular weight is 679 g/mol. The predicted octanol–water partition coefficient (Wildman–Crippen LogP) is 8.64. The van der Waals surface area contributed by atoms with Gasteiger partial charge in [-0.1, -0.05) is 53.9 Å². The fourth-order valence-corrected chi connectivity index (χ4v) is 5.40. The van der Waals surface area contributed by atoms with E-state index in [1.807, 2.05) is 42.5 Å². The lowest BCUT2D eigenvalue weighted by molar-refractivity contribution is -0.141. The minimum Gasteiger partial charge on any atom is -0.466 e. The Kier molecular flexibility index (Phi) is 14.5. The van der Waals surface area contributed by atoms with Gasteiger partial charge in [-0.05, 0) is 103 Å². The molecule has 4 rings (SSSR count). The van der Waals surface area contributed by atoms with Crippen LogP contribution in [0.25, 0.3) is 0 Å². The second-order valence-electron chi connectivity index (χ2n) is 9.99. The van der Waals surface area contributed by atoms with Crippen molar-refractivity contribution in [2.75, 3.05) is 37.4 Å². The molecule has 1 fully saturated rings. The van der Waals surface area contributed by atoms with E-state index in [1.54, 1.807) is 18.2 Å². The van der Waals surface area contributed by atoms with Crippen LogP contribution in [0.5, 0.6) is 0 Å². The van der Waals surface area contributed by atoms with E-state index in [9.17, 15) is 9.59 Å². The van der Waals surface area contributed by atoms with Gasteiger partial charge in [0.1, 0.15) is 0 Å². The van der Waals surface area contributed by atoms with Crippen LogP contribution in [0.15, 0.2) is 65.1 Å². The summed E-state index contributed by atoms with van der Waals surface area (Å²) in [6, 6.07) is 18.8. The van der Waals surface area contributed by atoms with Gasteiger partial charge in [-0.2, -0.15) is 0 Å². The third-order valence-corrected chi connectivity index (χ3v) is 7.91. The van der Waals surface area contributed by atoms with Gasteiger partial charge in [-0.3, -0.25) is 9.69 Å². The highest BCUT2D eigenvalue weighted by atomic mass is 79.9. The molecule has 1 saturated heterocycles. The Morgan fingerprint density at radius 1 is 0.905 bits per heavy atom. The zero-order valence-corrected chi connectivity index (χ0v) is 26.9. The number of para-hydroxylation sites is 2. The molecule has 0 atom stereocenters. The first kappa shape index (κ1) is 33.7. The van der Waals surface area contributed by atoms with E-state index in [-0.39, 0.29) is 11.9 Å². The third kappa shape index (κ3) is 11.5. The molecule has 10 heteroatoms. The van der Waals surface area contributed by atoms with E-state index < -0.39 is 0 Å². The Hall–Kier alpha value is -2.78. The van der Waals surface area contributed by atoms with Gasteiger partial charge in [0, 0.05) is 23.6 Å². The Morgan fingerprint density at radius 3 is 2.19 bits per heavy atom. The Morgan fingerprint density at radius 2 is 1.55 bits per heavy atom. The summed E-state index contributed by atoms with van der Waals surface area (Å²) in [4.78, 5) is 25.4. The lowest BCUT2D eigenvalue weighted by Crippen LogP contribution is -2.29. The van der Waals surface area contributed by atoms with Crippen molar-refractivity contribution in [1.29, 1.82) is 0 Å². The van der Waals surface area contributed by atoms with Crippen molar-refractivity contribution < 1.29 is 19.1 Å². The number of rotatable bonds is 11. The molecule has 226 valence electrons. The molecule has 0 radical (unpaired) electrons. The van der Waals surface area contributed by atoms with E-state index in [4.69, 9.17) is 38.4 Å². The summed E-state index contributed by atoms with van der Waals surface area (Å²) in [5, 5.41) is 4.41. The first-order valence-electron chi connectivity index (χ1n) is 14.1. The molecular formula is C32H38BrCl2N3O4. The number of esters is 2. The van der Waals surface area contributed by atoms with E-state index >= 15 is 0 Å². The number of hydrogen-bond donors (Lipinski definition) is 2. The van der Waals surface area contributed by atoms with Crippen molar-refractivity contribution in [3.05, 3.63) is 86.3 Å². The monoisotopic (exact) mass is 677 g/mol. The van der Waals surface area contributed by atoms with Gasteiger partial charge in [-0.25, -0.2) is 4.79 Å². The lowest BCUT2D eigenvalue weighted by Gasteiger charge is -2.27. The molecule has 0 bridgehead atoms. The summed E-state index contributed by atoms with van der Waals surface area (Å²) in [5.41, 5.74) is 10.1. The minimum absolute atomic E-state index is 0.268. The zero-order valence-electron chi connectivity index (χ0n) is 23.8. The number of hydrogen-bond acceptors (Lipinski definition) is 7. The molecule has 42 heavy (non-hydrogen) atoms. The number of piperidine rings is 1. The lowest BCUT2D eigenvalue weighted by atomic mass is 10.1. The number of nitrogens with zero attached hydrogens (tertiary/aromatic N) is 1. The van der Waals surface area contributed by atoms with Crippen LogP contribution in [0, 0.1) is 0 Å². The first-order valence-corrected chi connectivity index (χ1v) is 15.7. The number of carbonyl (C=O) groups excluding carboxylic acids is 2. The van der Waals surface area contributed by atoms with Gasteiger partial charge in [0.25, 0.3) is 0 Å². The van der Waals surface area contributed by atoms with Crippen molar-refractivity contribution in [2.45, 2.75) is 52.0 Å². The molecule has 1 aliphatic rings. The van der Waals surface area contributed by atoms with E-state index in [0.717, 1.165) is 60.3 Å². The number of unbranched alkanes of at least 4 members (excludes halogenated alkanes) is 2. The number of nitrogens with two attached hydrogens (primary N) is 1. The number of anilines is 3. The smallest absolute Gasteiger partial charge is 0.338 e. The van der Waals surface area contributed by atoms with Crippen LogP contribution in [-0.2, 0) is 20.8 Å². The van der Waals surface area contributed by atoms with Crippen molar-refractivity contribution >= 4 is 68.1 Å². The maximum atomic E-state index is 12.4. The summed E-state index contributed by atoms with van der Waals surface area (Å²) in [6.07, 6.45) is 6.05. The first-order chi connectivity index (χ1) is 20.2. The molecule has 3 aromatic rings. The summed E-state index contributed by atoms with van der Waals surface area (Å²) in [5.74, 6) is -0.605. The quantitative estimate of drug-likeness (QED) is 0.119. The summed E-state index contributed by atoms with van der Waals surface area (Å²) in [7, 11) is 0. The van der Waals surface area contributed by atoms with E-state index in [2.05, 4.69) is 26.1 Å². The molecule has 0 spiro atoms. The number of nitrogen functional groups attached to an aromatic ring is 1. The topological polar surface area (TPSA) is 93.9 Å². The number of nitrogens with one attached hydrogen (secondary N) is 1. The van der Waals surface area contributed by atoms with Crippen LogP contribution in [0.4, 0.5) is 17.1 Å². The van der Waals surface area contributed by atoms with Crippen molar-refractivity contribution in [1.82, 2.24) is 4.90 Å². The van der Waals surface area contributed by atoms with E-state index in [0.29, 0.717) is 34.5 Å². The minimum atomic E-state index is -0.337. The standard InChI is InChI=1S/C20H29BrN2O4.C12H9Cl2N/c1-15(24)26-10-6-3-7-11-27-20(25)16-12-17(19(22)18(21)13-16)14-23-8-4-2-5-9-23;13-10-7-4-8-11(14)12(10)15-9-5-2-1-3-6-9/h12-13H,2-11,14,22H2,1H3;1-8,15H. The molecule has 3 N–H and O–H groups in total. The maximum absolute atomic E-state index is 12.4. The van der Waals surface area contributed by atoms with Crippen molar-refractivity contribution in [3.63, 3.8) is 0 Å².